The summed E-state index contributed by atoms with van der Waals surface area (Å²) in [5.74, 6) is 2.69. The van der Waals surface area contributed by atoms with Crippen LogP contribution in [-0.2, 0) is 13.1 Å². The highest BCUT2D eigenvalue weighted by Gasteiger charge is 2.23. The van der Waals surface area contributed by atoms with Gasteiger partial charge in [-0.25, -0.2) is 9.48 Å². The molecule has 2 aromatic rings. The van der Waals surface area contributed by atoms with Gasteiger partial charge in [0.05, 0.1) is 6.54 Å². The van der Waals surface area contributed by atoms with Gasteiger partial charge in [0.2, 0.25) is 6.79 Å². The van der Waals surface area contributed by atoms with Gasteiger partial charge in [0.1, 0.15) is 5.82 Å². The van der Waals surface area contributed by atoms with Crippen molar-refractivity contribution in [2.75, 3.05) is 19.9 Å². The number of nitrogens with zero attached hydrogens (tertiary/aromatic N) is 3. The number of nitrogens with one attached hydrogen (secondary N) is 1. The Kier molecular flexibility index (Phi) is 4.02. The Morgan fingerprint density at radius 2 is 2.21 bits per heavy atom. The molecular formula is C17H22N4O3. The molecule has 0 radical (unpaired) electrons. The zero-order chi connectivity index (χ0) is 16.5. The molecule has 128 valence electrons. The second-order valence-corrected chi connectivity index (χ2v) is 6.27. The first-order valence-corrected chi connectivity index (χ1v) is 8.53. The van der Waals surface area contributed by atoms with E-state index in [1.165, 1.54) is 0 Å². The van der Waals surface area contributed by atoms with Crippen molar-refractivity contribution >= 4 is 0 Å². The smallest absolute Gasteiger partial charge is 0.346 e. The molecule has 7 nitrogen and oxygen atoms in total. The molecular weight excluding hydrogens is 308 g/mol. The van der Waals surface area contributed by atoms with Crippen LogP contribution >= 0.6 is 0 Å². The first-order chi connectivity index (χ1) is 11.8. The Labute approximate surface area is 140 Å². The van der Waals surface area contributed by atoms with Crippen molar-refractivity contribution in [1.82, 2.24) is 19.7 Å². The summed E-state index contributed by atoms with van der Waals surface area (Å²) >= 11 is 0. The Morgan fingerprint density at radius 1 is 1.33 bits per heavy atom. The summed E-state index contributed by atoms with van der Waals surface area (Å²) in [6, 6.07) is 5.75. The van der Waals surface area contributed by atoms with Crippen molar-refractivity contribution < 1.29 is 9.47 Å². The Morgan fingerprint density at radius 3 is 3.00 bits per heavy atom. The lowest BCUT2D eigenvalue weighted by molar-refractivity contribution is 0.174. The molecule has 0 spiro atoms. The quantitative estimate of drug-likeness (QED) is 0.915. The van der Waals surface area contributed by atoms with Crippen molar-refractivity contribution in [2.24, 2.45) is 0 Å². The molecule has 1 saturated heterocycles. The van der Waals surface area contributed by atoms with Crippen molar-refractivity contribution in [1.29, 1.82) is 0 Å². The van der Waals surface area contributed by atoms with E-state index in [9.17, 15) is 4.79 Å². The number of benzene rings is 1. The molecule has 1 fully saturated rings. The minimum atomic E-state index is -0.0456. The van der Waals surface area contributed by atoms with Crippen molar-refractivity contribution in [3.8, 4) is 11.5 Å². The lowest BCUT2D eigenvalue weighted by atomic mass is 9.99. The maximum absolute atomic E-state index is 12.7. The molecule has 1 aromatic carbocycles. The highest BCUT2D eigenvalue weighted by Crippen LogP contribution is 2.32. The fourth-order valence-electron chi connectivity index (χ4n) is 3.44. The van der Waals surface area contributed by atoms with Crippen LogP contribution in [0.4, 0.5) is 0 Å². The fraction of sp³-hybridized carbons (Fsp3) is 0.529. The van der Waals surface area contributed by atoms with E-state index in [-0.39, 0.29) is 12.5 Å². The third-order valence-corrected chi connectivity index (χ3v) is 4.70. The Balaban J connectivity index is 1.63. The van der Waals surface area contributed by atoms with Crippen LogP contribution in [0.5, 0.6) is 11.5 Å². The first kappa shape index (κ1) is 15.3. The molecule has 1 N–H and O–H groups in total. The third-order valence-electron chi connectivity index (χ3n) is 4.70. The van der Waals surface area contributed by atoms with E-state index in [4.69, 9.17) is 9.47 Å². The van der Waals surface area contributed by atoms with E-state index in [0.29, 0.717) is 19.0 Å². The summed E-state index contributed by atoms with van der Waals surface area (Å²) in [5.41, 5.74) is 0.936. The van der Waals surface area contributed by atoms with Crippen LogP contribution in [0.1, 0.15) is 37.1 Å². The number of rotatable bonds is 4. The van der Waals surface area contributed by atoms with E-state index in [1.54, 1.807) is 9.25 Å². The highest BCUT2D eigenvalue weighted by atomic mass is 16.7. The summed E-state index contributed by atoms with van der Waals surface area (Å²) in [7, 11) is 0. The molecule has 24 heavy (non-hydrogen) atoms. The zero-order valence-electron chi connectivity index (χ0n) is 13.8. The maximum atomic E-state index is 12.7. The van der Waals surface area contributed by atoms with Gasteiger partial charge >= 0.3 is 5.69 Å². The van der Waals surface area contributed by atoms with Gasteiger partial charge in [-0.15, -0.1) is 0 Å². The van der Waals surface area contributed by atoms with Gasteiger partial charge in [-0.2, -0.15) is 5.10 Å². The van der Waals surface area contributed by atoms with Crippen LogP contribution in [0, 0.1) is 0 Å². The predicted molar refractivity (Wildman–Crippen MR) is 88.7 cm³/mol. The topological polar surface area (TPSA) is 70.3 Å². The van der Waals surface area contributed by atoms with Crippen molar-refractivity contribution in [2.45, 2.75) is 38.8 Å². The monoisotopic (exact) mass is 330 g/mol. The van der Waals surface area contributed by atoms with Gasteiger partial charge in [0.25, 0.3) is 0 Å². The number of piperidine rings is 1. The fourth-order valence-corrected chi connectivity index (χ4v) is 3.44. The van der Waals surface area contributed by atoms with Crippen LogP contribution < -0.4 is 20.5 Å². The highest BCUT2D eigenvalue weighted by molar-refractivity contribution is 5.44. The minimum absolute atomic E-state index is 0.0456. The minimum Gasteiger partial charge on any atom is -0.454 e. The van der Waals surface area contributed by atoms with E-state index < -0.39 is 0 Å². The summed E-state index contributed by atoms with van der Waals surface area (Å²) in [6.45, 7) is 5.27. The summed E-state index contributed by atoms with van der Waals surface area (Å²) < 4.78 is 14.1. The van der Waals surface area contributed by atoms with Gasteiger partial charge in [0, 0.05) is 19.0 Å². The van der Waals surface area contributed by atoms with Gasteiger partial charge in [0.15, 0.2) is 11.5 Å². The number of fused-ring (bicyclic) bond motifs is 1. The molecule has 3 heterocycles. The SMILES string of the molecule is CCn1c(C2CCCNC2)nn(Cc2ccc3c(c2)OCO3)c1=O. The van der Waals surface area contributed by atoms with E-state index in [0.717, 1.165) is 48.8 Å². The van der Waals surface area contributed by atoms with Crippen LogP contribution in [0.15, 0.2) is 23.0 Å². The molecule has 4 rings (SSSR count). The van der Waals surface area contributed by atoms with Gasteiger partial charge in [-0.05, 0) is 44.0 Å². The summed E-state index contributed by atoms with van der Waals surface area (Å²) in [5, 5.41) is 8.04. The Bertz CT molecular complexity index is 790. The normalized spacial score (nSPS) is 19.6. The lowest BCUT2D eigenvalue weighted by Crippen LogP contribution is -2.31. The van der Waals surface area contributed by atoms with E-state index in [1.807, 2.05) is 25.1 Å². The molecule has 0 amide bonds. The van der Waals surface area contributed by atoms with Crippen molar-refractivity contribution in [3.05, 3.63) is 40.1 Å². The Hall–Kier alpha value is -2.28. The molecule has 1 atom stereocenters. The number of hydrogen-bond acceptors (Lipinski definition) is 5. The lowest BCUT2D eigenvalue weighted by Gasteiger charge is -2.21. The van der Waals surface area contributed by atoms with Crippen LogP contribution in [0.2, 0.25) is 0 Å². The van der Waals surface area contributed by atoms with Gasteiger partial charge in [-0.3, -0.25) is 4.57 Å². The van der Waals surface area contributed by atoms with Gasteiger partial charge < -0.3 is 14.8 Å². The van der Waals surface area contributed by atoms with Crippen LogP contribution in [-0.4, -0.2) is 34.2 Å². The molecule has 0 aliphatic carbocycles. The summed E-state index contributed by atoms with van der Waals surface area (Å²) in [6.07, 6.45) is 2.20. The second kappa shape index (κ2) is 6.32. The average Bonchev–Trinajstić information content (AvgIpc) is 3.20. The zero-order valence-corrected chi connectivity index (χ0v) is 13.8. The van der Waals surface area contributed by atoms with Crippen molar-refractivity contribution in [3.63, 3.8) is 0 Å². The first-order valence-electron chi connectivity index (χ1n) is 8.53. The molecule has 1 aromatic heterocycles. The number of ether oxygens (including phenoxy) is 2. The van der Waals surface area contributed by atoms with Crippen LogP contribution in [0.25, 0.3) is 0 Å². The number of hydrogen-bond donors (Lipinski definition) is 1. The standard InChI is InChI=1S/C17H22N4O3/c1-2-20-16(13-4-3-7-18-9-13)19-21(17(20)22)10-12-5-6-14-15(8-12)24-11-23-14/h5-6,8,13,18H,2-4,7,9-11H2,1H3. The predicted octanol–water partition coefficient (Wildman–Crippen LogP) is 1.31. The largest absolute Gasteiger partial charge is 0.454 e. The third kappa shape index (κ3) is 2.69. The molecule has 0 bridgehead atoms. The average molecular weight is 330 g/mol. The molecule has 0 saturated carbocycles. The number of aromatic nitrogens is 3. The summed E-state index contributed by atoms with van der Waals surface area (Å²) in [4.78, 5) is 12.7. The molecule has 1 unspecified atom stereocenters. The van der Waals surface area contributed by atoms with Crippen LogP contribution in [0.3, 0.4) is 0 Å². The second-order valence-electron chi connectivity index (χ2n) is 6.27. The van der Waals surface area contributed by atoms with Gasteiger partial charge in [-0.1, -0.05) is 6.07 Å². The van der Waals surface area contributed by atoms with E-state index >= 15 is 0 Å². The van der Waals surface area contributed by atoms with E-state index in [2.05, 4.69) is 10.4 Å². The molecule has 2 aliphatic rings. The maximum Gasteiger partial charge on any atom is 0.346 e. The molecule has 7 heteroatoms. The molecule has 2 aliphatic heterocycles.